The second-order valence-electron chi connectivity index (χ2n) is 2.15. The van der Waals surface area contributed by atoms with Crippen molar-refractivity contribution in [3.05, 3.63) is 21.8 Å². The van der Waals surface area contributed by atoms with E-state index in [1.807, 2.05) is 20.8 Å². The van der Waals surface area contributed by atoms with Crippen LogP contribution in [0.2, 0.25) is 0 Å². The van der Waals surface area contributed by atoms with Gasteiger partial charge in [-0.3, -0.25) is 4.99 Å². The van der Waals surface area contributed by atoms with Crippen molar-refractivity contribution in [2.75, 3.05) is 0 Å². The topological polar surface area (TPSA) is 12.4 Å². The van der Waals surface area contributed by atoms with E-state index < -0.39 is 0 Å². The number of allylic oxidation sites excluding steroid dienone is 3. The van der Waals surface area contributed by atoms with Crippen LogP contribution in [-0.4, -0.2) is 6.72 Å². The van der Waals surface area contributed by atoms with Crippen molar-refractivity contribution in [3.8, 4) is 0 Å². The van der Waals surface area contributed by atoms with E-state index in [9.17, 15) is 0 Å². The molecule has 1 nitrogen and oxygen atoms in total. The molecule has 0 spiro atoms. The molecule has 0 bridgehead atoms. The van der Waals surface area contributed by atoms with Crippen LogP contribution in [0.15, 0.2) is 26.8 Å². The molecule has 0 saturated heterocycles. The molecule has 56 valence electrons. The fraction of sp³-hybridized carbons (Fsp3) is 0.375. The molecule has 0 rings (SSSR count). The number of nitrogens with zero attached hydrogens (tertiary/aromatic N) is 1. The molecule has 0 N–H and O–H groups in total. The molecule has 0 unspecified atom stereocenters. The molecule has 0 aliphatic heterocycles. The van der Waals surface area contributed by atoms with E-state index in [0.717, 1.165) is 10.1 Å². The second-order valence-corrected chi connectivity index (χ2v) is 3.34. The Morgan fingerprint density at radius 2 is 1.90 bits per heavy atom. The second kappa shape index (κ2) is 4.45. The van der Waals surface area contributed by atoms with Gasteiger partial charge in [0.1, 0.15) is 0 Å². The molecule has 0 aromatic carbocycles. The number of halogens is 1. The summed E-state index contributed by atoms with van der Waals surface area (Å²) in [4.78, 5) is 3.67. The maximum absolute atomic E-state index is 3.67. The highest BCUT2D eigenvalue weighted by Crippen LogP contribution is 2.17. The van der Waals surface area contributed by atoms with E-state index in [1.165, 1.54) is 5.57 Å². The average Bonchev–Trinajstić information content (AvgIpc) is 1.87. The Balaban J connectivity index is 4.51. The molecular weight excluding hydrogens is 190 g/mol. The lowest BCUT2D eigenvalue weighted by molar-refractivity contribution is 1.29. The monoisotopic (exact) mass is 201 g/mol. The van der Waals surface area contributed by atoms with E-state index in [4.69, 9.17) is 0 Å². The molecule has 10 heavy (non-hydrogen) atoms. The standard InChI is InChI=1S/C8H12BrN/c1-6(5-10-4)7(2)8(3)9/h5H,4H2,1-3H3/b6-5-,8-7+. The van der Waals surface area contributed by atoms with E-state index in [1.54, 1.807) is 6.20 Å². The fourth-order valence-corrected chi connectivity index (χ4v) is 0.818. The maximum Gasteiger partial charge on any atom is 0.0292 e. The van der Waals surface area contributed by atoms with Gasteiger partial charge in [-0.15, -0.1) is 0 Å². The average molecular weight is 202 g/mol. The van der Waals surface area contributed by atoms with E-state index in [0.29, 0.717) is 0 Å². The third kappa shape index (κ3) is 2.97. The number of aliphatic imine (C=N–C) groups is 1. The first-order valence-corrected chi connectivity index (χ1v) is 3.85. The van der Waals surface area contributed by atoms with Crippen molar-refractivity contribution in [3.63, 3.8) is 0 Å². The van der Waals surface area contributed by atoms with Gasteiger partial charge in [0, 0.05) is 6.20 Å². The van der Waals surface area contributed by atoms with Gasteiger partial charge >= 0.3 is 0 Å². The first-order chi connectivity index (χ1) is 4.59. The zero-order valence-electron chi connectivity index (χ0n) is 6.61. The smallest absolute Gasteiger partial charge is 0.0292 e. The lowest BCUT2D eigenvalue weighted by Gasteiger charge is -1.99. The van der Waals surface area contributed by atoms with Crippen molar-refractivity contribution in [1.82, 2.24) is 0 Å². The summed E-state index contributed by atoms with van der Waals surface area (Å²) in [5.74, 6) is 0. The van der Waals surface area contributed by atoms with Crippen LogP contribution in [0.25, 0.3) is 0 Å². The molecule has 2 heteroatoms. The number of hydrogen-bond donors (Lipinski definition) is 0. The zero-order valence-corrected chi connectivity index (χ0v) is 8.20. The molecule has 0 aromatic rings. The largest absolute Gasteiger partial charge is 0.272 e. The van der Waals surface area contributed by atoms with Gasteiger partial charge in [-0.2, -0.15) is 0 Å². The summed E-state index contributed by atoms with van der Waals surface area (Å²) in [5.41, 5.74) is 2.36. The molecular formula is C8H12BrN. The number of rotatable bonds is 2. The van der Waals surface area contributed by atoms with Crippen LogP contribution in [0.5, 0.6) is 0 Å². The first kappa shape index (κ1) is 9.63. The van der Waals surface area contributed by atoms with Gasteiger partial charge in [0.15, 0.2) is 0 Å². The molecule has 0 radical (unpaired) electrons. The van der Waals surface area contributed by atoms with Crippen LogP contribution in [-0.2, 0) is 0 Å². The molecule has 0 amide bonds. The van der Waals surface area contributed by atoms with Crippen LogP contribution in [0, 0.1) is 0 Å². The summed E-state index contributed by atoms with van der Waals surface area (Å²) in [6, 6.07) is 0. The van der Waals surface area contributed by atoms with Gasteiger partial charge < -0.3 is 0 Å². The minimum absolute atomic E-state index is 1.14. The quantitative estimate of drug-likeness (QED) is 0.481. The Bertz CT molecular complexity index is 185. The first-order valence-electron chi connectivity index (χ1n) is 3.05. The van der Waals surface area contributed by atoms with E-state index >= 15 is 0 Å². The van der Waals surface area contributed by atoms with Gasteiger partial charge in [0.25, 0.3) is 0 Å². The molecule has 0 saturated carbocycles. The van der Waals surface area contributed by atoms with Gasteiger partial charge in [0.05, 0.1) is 0 Å². The lowest BCUT2D eigenvalue weighted by atomic mass is 10.1. The molecule has 0 aromatic heterocycles. The normalized spacial score (nSPS) is 14.6. The third-order valence-electron chi connectivity index (χ3n) is 1.39. The van der Waals surface area contributed by atoms with Crippen LogP contribution in [0.1, 0.15) is 20.8 Å². The summed E-state index contributed by atoms with van der Waals surface area (Å²) < 4.78 is 1.14. The highest BCUT2D eigenvalue weighted by Gasteiger charge is 1.93. The Labute approximate surface area is 70.7 Å². The molecule has 0 aliphatic rings. The lowest BCUT2D eigenvalue weighted by Crippen LogP contribution is -1.79. The van der Waals surface area contributed by atoms with Crippen LogP contribution < -0.4 is 0 Å². The number of hydrogen-bond acceptors (Lipinski definition) is 1. The summed E-state index contributed by atoms with van der Waals surface area (Å²) >= 11 is 3.39. The SMILES string of the molecule is C=N/C=C(C)\C(C)=C(/C)Br. The van der Waals surface area contributed by atoms with Crippen molar-refractivity contribution < 1.29 is 0 Å². The molecule has 0 atom stereocenters. The van der Waals surface area contributed by atoms with Crippen LogP contribution in [0.3, 0.4) is 0 Å². The summed E-state index contributed by atoms with van der Waals surface area (Å²) in [7, 11) is 0. The van der Waals surface area contributed by atoms with Gasteiger partial charge in [-0.05, 0) is 43.1 Å². The molecule has 0 fully saturated rings. The highest BCUT2D eigenvalue weighted by molar-refractivity contribution is 9.11. The fourth-order valence-electron chi connectivity index (χ4n) is 0.505. The summed E-state index contributed by atoms with van der Waals surface area (Å²) in [6.45, 7) is 9.44. The molecule has 0 aliphatic carbocycles. The van der Waals surface area contributed by atoms with Crippen molar-refractivity contribution in [2.45, 2.75) is 20.8 Å². The van der Waals surface area contributed by atoms with Crippen molar-refractivity contribution in [2.24, 2.45) is 4.99 Å². The Kier molecular flexibility index (Phi) is 4.28. The summed E-state index contributed by atoms with van der Waals surface area (Å²) in [5, 5.41) is 0. The van der Waals surface area contributed by atoms with Gasteiger partial charge in [0.2, 0.25) is 0 Å². The third-order valence-corrected chi connectivity index (χ3v) is 1.99. The van der Waals surface area contributed by atoms with E-state index in [2.05, 4.69) is 27.6 Å². The molecule has 0 heterocycles. The minimum atomic E-state index is 1.14. The zero-order chi connectivity index (χ0) is 8.15. The van der Waals surface area contributed by atoms with Gasteiger partial charge in [-0.25, -0.2) is 0 Å². The Hall–Kier alpha value is -0.370. The predicted molar refractivity (Wildman–Crippen MR) is 50.6 cm³/mol. The summed E-state index contributed by atoms with van der Waals surface area (Å²) in [6.07, 6.45) is 1.75. The van der Waals surface area contributed by atoms with Crippen molar-refractivity contribution >= 4 is 22.6 Å². The predicted octanol–water partition coefficient (Wildman–Crippen LogP) is 3.28. The van der Waals surface area contributed by atoms with Gasteiger partial charge in [-0.1, -0.05) is 15.9 Å². The highest BCUT2D eigenvalue weighted by atomic mass is 79.9. The Morgan fingerprint density at radius 1 is 1.40 bits per heavy atom. The minimum Gasteiger partial charge on any atom is -0.272 e. The maximum atomic E-state index is 3.67. The van der Waals surface area contributed by atoms with Crippen LogP contribution in [0.4, 0.5) is 0 Å². The van der Waals surface area contributed by atoms with Crippen molar-refractivity contribution in [1.29, 1.82) is 0 Å². The van der Waals surface area contributed by atoms with Crippen LogP contribution >= 0.6 is 15.9 Å². The van der Waals surface area contributed by atoms with E-state index in [-0.39, 0.29) is 0 Å². The Morgan fingerprint density at radius 3 is 2.20 bits per heavy atom.